The van der Waals surface area contributed by atoms with Gasteiger partial charge in [0.15, 0.2) is 0 Å². The third-order valence-corrected chi connectivity index (χ3v) is 1.95. The van der Waals surface area contributed by atoms with Gasteiger partial charge in [0.1, 0.15) is 5.75 Å². The van der Waals surface area contributed by atoms with Crippen LogP contribution in [0.5, 0.6) is 5.75 Å². The first kappa shape index (κ1) is 12.1. The minimum Gasteiger partial charge on any atom is -0.491 e. The van der Waals surface area contributed by atoms with Gasteiger partial charge in [0.25, 0.3) is 0 Å². The van der Waals surface area contributed by atoms with Gasteiger partial charge in [-0.2, -0.15) is 13.2 Å². The van der Waals surface area contributed by atoms with Gasteiger partial charge in [0.05, 0.1) is 25.1 Å². The molecule has 2 nitrogen and oxygen atoms in total. The second-order valence-electron chi connectivity index (χ2n) is 2.83. The number of hydrogen-bond acceptors (Lipinski definition) is 2. The maximum atomic E-state index is 11.8. The Morgan fingerprint density at radius 2 is 2.13 bits per heavy atom. The average Bonchev–Trinajstić information content (AvgIpc) is 2.16. The zero-order chi connectivity index (χ0) is 11.3. The minimum atomic E-state index is -4.21. The Balaban J connectivity index is 2.50. The Hall–Kier alpha value is -0.970. The minimum absolute atomic E-state index is 0.184. The second-order valence-corrected chi connectivity index (χ2v) is 3.10. The van der Waals surface area contributed by atoms with Gasteiger partial charge in [-0.05, 0) is 6.07 Å². The number of nitrogens with zero attached hydrogens (tertiary/aromatic N) is 1. The van der Waals surface area contributed by atoms with Gasteiger partial charge in [-0.15, -0.1) is 11.6 Å². The Labute approximate surface area is 90.0 Å². The van der Waals surface area contributed by atoms with Crippen molar-refractivity contribution in [2.75, 3.05) is 6.61 Å². The third-order valence-electron chi connectivity index (χ3n) is 1.66. The molecule has 0 atom stereocenters. The van der Waals surface area contributed by atoms with Crippen molar-refractivity contribution in [1.82, 2.24) is 4.98 Å². The molecule has 0 amide bonds. The molecule has 1 aromatic rings. The molecule has 0 aliphatic rings. The molecule has 1 rings (SSSR count). The van der Waals surface area contributed by atoms with E-state index in [2.05, 4.69) is 4.98 Å². The van der Waals surface area contributed by atoms with Crippen LogP contribution in [0.15, 0.2) is 18.5 Å². The van der Waals surface area contributed by atoms with Gasteiger partial charge in [-0.3, -0.25) is 4.98 Å². The lowest BCUT2D eigenvalue weighted by Gasteiger charge is -2.10. The van der Waals surface area contributed by atoms with Crippen molar-refractivity contribution >= 4 is 11.6 Å². The molecule has 0 radical (unpaired) electrons. The molecule has 0 aromatic carbocycles. The van der Waals surface area contributed by atoms with E-state index in [1.165, 1.54) is 12.4 Å². The first-order valence-corrected chi connectivity index (χ1v) is 4.75. The molecule has 15 heavy (non-hydrogen) atoms. The Morgan fingerprint density at radius 3 is 2.73 bits per heavy atom. The highest BCUT2D eigenvalue weighted by Gasteiger charge is 2.26. The number of aromatic nitrogens is 1. The predicted octanol–water partition coefficient (Wildman–Crippen LogP) is 3.15. The van der Waals surface area contributed by atoms with Crippen LogP contribution in [0, 0.1) is 0 Å². The van der Waals surface area contributed by atoms with E-state index < -0.39 is 19.2 Å². The van der Waals surface area contributed by atoms with E-state index in [1.54, 1.807) is 6.07 Å². The van der Waals surface area contributed by atoms with E-state index in [9.17, 15) is 13.2 Å². The number of alkyl halides is 4. The summed E-state index contributed by atoms with van der Waals surface area (Å²) in [5.74, 6) is 0.487. The van der Waals surface area contributed by atoms with Gasteiger partial charge >= 0.3 is 6.18 Å². The first-order chi connectivity index (χ1) is 7.03. The summed E-state index contributed by atoms with van der Waals surface area (Å²) >= 11 is 5.57. The van der Waals surface area contributed by atoms with Crippen molar-refractivity contribution in [2.24, 2.45) is 0 Å². The van der Waals surface area contributed by atoms with Crippen LogP contribution >= 0.6 is 11.6 Å². The van der Waals surface area contributed by atoms with Crippen molar-refractivity contribution in [3.8, 4) is 5.75 Å². The second kappa shape index (κ2) is 5.21. The molecule has 0 N–H and O–H groups in total. The van der Waals surface area contributed by atoms with Gasteiger partial charge in [-0.1, -0.05) is 0 Å². The van der Waals surface area contributed by atoms with Crippen molar-refractivity contribution in [2.45, 2.75) is 18.5 Å². The van der Waals surface area contributed by atoms with Crippen LogP contribution in [0.3, 0.4) is 0 Å². The summed E-state index contributed by atoms with van der Waals surface area (Å²) in [5, 5.41) is 0. The fourth-order valence-electron chi connectivity index (χ4n) is 0.926. The smallest absolute Gasteiger partial charge is 0.392 e. The van der Waals surface area contributed by atoms with Crippen LogP contribution in [-0.4, -0.2) is 17.8 Å². The van der Waals surface area contributed by atoms with Gasteiger partial charge in [0, 0.05) is 11.8 Å². The highest BCUT2D eigenvalue weighted by Crippen LogP contribution is 2.22. The third kappa shape index (κ3) is 4.38. The summed E-state index contributed by atoms with van der Waals surface area (Å²) in [6, 6.07) is 1.61. The summed E-state index contributed by atoms with van der Waals surface area (Å²) < 4.78 is 40.4. The summed E-state index contributed by atoms with van der Waals surface area (Å²) in [6.45, 7) is -0.418. The van der Waals surface area contributed by atoms with E-state index >= 15 is 0 Å². The van der Waals surface area contributed by atoms with E-state index in [-0.39, 0.29) is 5.88 Å². The monoisotopic (exact) mass is 239 g/mol. The summed E-state index contributed by atoms with van der Waals surface area (Å²) in [7, 11) is 0. The highest BCUT2D eigenvalue weighted by atomic mass is 35.5. The molecule has 84 valence electrons. The van der Waals surface area contributed by atoms with E-state index in [0.29, 0.717) is 11.3 Å². The largest absolute Gasteiger partial charge is 0.491 e. The molecule has 1 aromatic heterocycles. The molecule has 0 bridgehead atoms. The van der Waals surface area contributed by atoms with E-state index in [4.69, 9.17) is 16.3 Å². The lowest BCUT2D eigenvalue weighted by molar-refractivity contribution is -0.139. The number of hydrogen-bond donors (Lipinski definition) is 0. The maximum Gasteiger partial charge on any atom is 0.392 e. The summed E-state index contributed by atoms with van der Waals surface area (Å²) in [6.07, 6.45) is -2.32. The van der Waals surface area contributed by atoms with Gasteiger partial charge in [-0.25, -0.2) is 0 Å². The molecule has 0 saturated carbocycles. The van der Waals surface area contributed by atoms with Crippen molar-refractivity contribution in [3.05, 3.63) is 24.0 Å². The number of ether oxygens (including phenoxy) is 1. The number of pyridine rings is 1. The standard InChI is InChI=1S/C9H9ClF3NO/c10-5-7-1-3-14-6-8(7)15-4-2-9(11,12)13/h1,3,6H,2,4-5H2. The van der Waals surface area contributed by atoms with Gasteiger partial charge in [0.2, 0.25) is 0 Å². The van der Waals surface area contributed by atoms with Crippen LogP contribution in [0.1, 0.15) is 12.0 Å². The van der Waals surface area contributed by atoms with Crippen LogP contribution in [-0.2, 0) is 5.88 Å². The molecule has 1 heterocycles. The zero-order valence-electron chi connectivity index (χ0n) is 7.72. The maximum absolute atomic E-state index is 11.8. The predicted molar refractivity (Wildman–Crippen MR) is 50.0 cm³/mol. The van der Waals surface area contributed by atoms with Gasteiger partial charge < -0.3 is 4.74 Å². The van der Waals surface area contributed by atoms with Crippen LogP contribution in [0.4, 0.5) is 13.2 Å². The first-order valence-electron chi connectivity index (χ1n) is 4.21. The topological polar surface area (TPSA) is 22.1 Å². The molecule has 6 heteroatoms. The van der Waals surface area contributed by atoms with Crippen molar-refractivity contribution < 1.29 is 17.9 Å². The van der Waals surface area contributed by atoms with E-state index in [0.717, 1.165) is 0 Å². The lowest BCUT2D eigenvalue weighted by atomic mass is 10.3. The fourth-order valence-corrected chi connectivity index (χ4v) is 1.15. The molecular formula is C9H9ClF3NO. The SMILES string of the molecule is FC(F)(F)CCOc1cnccc1CCl. The molecule has 0 aliphatic carbocycles. The normalized spacial score (nSPS) is 11.5. The van der Waals surface area contributed by atoms with Crippen molar-refractivity contribution in [3.63, 3.8) is 0 Å². The Bertz CT molecular complexity index is 316. The molecule has 0 unspecified atom stereocenters. The number of rotatable bonds is 4. The highest BCUT2D eigenvalue weighted by molar-refractivity contribution is 6.17. The summed E-state index contributed by atoms with van der Waals surface area (Å²) in [5.41, 5.74) is 0.633. The van der Waals surface area contributed by atoms with Crippen LogP contribution in [0.2, 0.25) is 0 Å². The Kier molecular flexibility index (Phi) is 4.20. The average molecular weight is 240 g/mol. The van der Waals surface area contributed by atoms with Crippen molar-refractivity contribution in [1.29, 1.82) is 0 Å². The number of halogens is 4. The molecule has 0 fully saturated rings. The zero-order valence-corrected chi connectivity index (χ0v) is 8.48. The quantitative estimate of drug-likeness (QED) is 0.753. The Morgan fingerprint density at radius 1 is 1.40 bits per heavy atom. The lowest BCUT2D eigenvalue weighted by Crippen LogP contribution is -2.13. The molecule has 0 spiro atoms. The van der Waals surface area contributed by atoms with E-state index in [1.807, 2.05) is 0 Å². The molecular weight excluding hydrogens is 231 g/mol. The molecule has 0 aliphatic heterocycles. The fraction of sp³-hybridized carbons (Fsp3) is 0.444. The van der Waals surface area contributed by atoms with Crippen LogP contribution in [0.25, 0.3) is 0 Å². The van der Waals surface area contributed by atoms with Crippen LogP contribution < -0.4 is 4.74 Å². The molecule has 0 saturated heterocycles. The summed E-state index contributed by atoms with van der Waals surface area (Å²) in [4.78, 5) is 3.74.